The maximum Gasteiger partial charge on any atom is 0.270 e. The van der Waals surface area contributed by atoms with Gasteiger partial charge in [0.15, 0.2) is 0 Å². The van der Waals surface area contributed by atoms with Crippen molar-refractivity contribution in [2.75, 3.05) is 13.7 Å². The predicted molar refractivity (Wildman–Crippen MR) is 72.8 cm³/mol. The first kappa shape index (κ1) is 14.6. The third-order valence-corrected chi connectivity index (χ3v) is 4.40. The Morgan fingerprint density at radius 1 is 1.30 bits per heavy atom. The van der Waals surface area contributed by atoms with Crippen LogP contribution in [0.15, 0.2) is 11.0 Å². The van der Waals surface area contributed by atoms with Gasteiger partial charge in [0.2, 0.25) is 0 Å². The number of fused-ring (bicyclic) bond motifs is 1. The zero-order valence-corrected chi connectivity index (χ0v) is 12.5. The summed E-state index contributed by atoms with van der Waals surface area (Å²) in [5, 5.41) is 0. The van der Waals surface area contributed by atoms with Crippen LogP contribution in [0.25, 0.3) is 0 Å². The lowest BCUT2D eigenvalue weighted by atomic mass is 10.0. The first-order valence-corrected chi connectivity index (χ1v) is 7.88. The van der Waals surface area contributed by atoms with E-state index in [-0.39, 0.29) is 22.0 Å². The van der Waals surface area contributed by atoms with Gasteiger partial charge in [-0.2, -0.15) is 0 Å². The second-order valence-corrected chi connectivity index (χ2v) is 6.01. The summed E-state index contributed by atoms with van der Waals surface area (Å²) < 4.78 is 36.8. The number of methoxy groups -OCH3 is 1. The molecule has 1 heterocycles. The molecule has 1 aliphatic heterocycles. The molecule has 0 fully saturated rings. The molecule has 1 aliphatic rings. The normalized spacial score (nSPS) is 15.7. The van der Waals surface area contributed by atoms with Gasteiger partial charge in [-0.25, -0.2) is 13.1 Å². The Morgan fingerprint density at radius 3 is 2.55 bits per heavy atom. The molecule has 1 aromatic rings. The Kier molecular flexibility index (Phi) is 3.89. The lowest BCUT2D eigenvalue weighted by Crippen LogP contribution is -2.21. The molecule has 0 saturated heterocycles. The molecule has 0 atom stereocenters. The number of hydrogen-bond donors (Lipinski definition) is 1. The van der Waals surface area contributed by atoms with E-state index in [1.54, 1.807) is 13.0 Å². The first-order chi connectivity index (χ1) is 9.46. The maximum atomic E-state index is 12.1. The fourth-order valence-electron chi connectivity index (χ4n) is 2.31. The lowest BCUT2D eigenvalue weighted by molar-refractivity contribution is 0.0981. The van der Waals surface area contributed by atoms with Crippen LogP contribution in [0.1, 0.15) is 36.2 Å². The molecule has 20 heavy (non-hydrogen) atoms. The Bertz CT molecular complexity index is 651. The number of hydrogen-bond acceptors (Lipinski definition) is 5. The van der Waals surface area contributed by atoms with Crippen molar-refractivity contribution in [1.82, 2.24) is 4.72 Å². The number of aryl methyl sites for hydroxylation is 1. The van der Waals surface area contributed by atoms with Crippen molar-refractivity contribution in [1.29, 1.82) is 0 Å². The van der Waals surface area contributed by atoms with E-state index in [0.717, 1.165) is 12.0 Å². The van der Waals surface area contributed by atoms with Gasteiger partial charge >= 0.3 is 0 Å². The zero-order valence-electron chi connectivity index (χ0n) is 11.6. The first-order valence-electron chi connectivity index (χ1n) is 6.40. The van der Waals surface area contributed by atoms with E-state index < -0.39 is 15.9 Å². The number of nitrogens with one attached hydrogen (secondary N) is 1. The summed E-state index contributed by atoms with van der Waals surface area (Å²) in [7, 11) is -2.49. The number of rotatable bonds is 5. The molecular weight excluding hydrogens is 282 g/mol. The standard InChI is InChI=1S/C13H17NO5S/c1-4-6-8-7-9(19-5-2)10-12(11(8)18-3)20(16,17)14-13(10)15/h7H,4-6H2,1-3H3,(H,14,15). The number of carbonyl (C=O) groups is 1. The minimum absolute atomic E-state index is 0.0311. The SMILES string of the molecule is CCCc1cc(OCC)c2c(c1OC)S(=O)(=O)NC2=O. The van der Waals surface area contributed by atoms with Gasteiger partial charge in [-0.3, -0.25) is 4.79 Å². The maximum absolute atomic E-state index is 12.1. The van der Waals surface area contributed by atoms with Gasteiger partial charge in [0, 0.05) is 0 Å². The van der Waals surface area contributed by atoms with Crippen LogP contribution in [-0.4, -0.2) is 28.0 Å². The fourth-order valence-corrected chi connectivity index (χ4v) is 3.68. The van der Waals surface area contributed by atoms with Crippen LogP contribution in [0.2, 0.25) is 0 Å². The average molecular weight is 299 g/mol. The Balaban J connectivity index is 2.80. The van der Waals surface area contributed by atoms with Gasteiger partial charge in [-0.15, -0.1) is 0 Å². The van der Waals surface area contributed by atoms with Crippen LogP contribution in [0.3, 0.4) is 0 Å². The summed E-state index contributed by atoms with van der Waals surface area (Å²) in [6, 6.07) is 1.69. The molecule has 1 amide bonds. The molecule has 0 aliphatic carbocycles. The van der Waals surface area contributed by atoms with Crippen molar-refractivity contribution >= 4 is 15.9 Å². The summed E-state index contributed by atoms with van der Waals surface area (Å²) in [6.45, 7) is 4.10. The molecular formula is C13H17NO5S. The molecule has 0 radical (unpaired) electrons. The van der Waals surface area contributed by atoms with Crippen LogP contribution >= 0.6 is 0 Å². The summed E-state index contributed by atoms with van der Waals surface area (Å²) in [5.74, 6) is -0.168. The number of amides is 1. The second-order valence-electron chi connectivity index (χ2n) is 4.39. The highest BCUT2D eigenvalue weighted by molar-refractivity contribution is 7.90. The third kappa shape index (κ3) is 2.22. The summed E-state index contributed by atoms with van der Waals surface area (Å²) >= 11 is 0. The van der Waals surface area contributed by atoms with Crippen molar-refractivity contribution in [2.45, 2.75) is 31.6 Å². The highest BCUT2D eigenvalue weighted by atomic mass is 32.2. The average Bonchev–Trinajstić information content (AvgIpc) is 2.61. The van der Waals surface area contributed by atoms with Gasteiger partial charge in [0.1, 0.15) is 22.0 Å². The number of ether oxygens (including phenoxy) is 2. The molecule has 110 valence electrons. The van der Waals surface area contributed by atoms with Crippen LogP contribution in [0, 0.1) is 0 Å². The van der Waals surface area contributed by atoms with Gasteiger partial charge in [-0.1, -0.05) is 13.3 Å². The molecule has 6 nitrogen and oxygen atoms in total. The van der Waals surface area contributed by atoms with E-state index in [2.05, 4.69) is 0 Å². The summed E-state index contributed by atoms with van der Waals surface area (Å²) in [5.41, 5.74) is 0.751. The van der Waals surface area contributed by atoms with E-state index >= 15 is 0 Å². The molecule has 2 rings (SSSR count). The molecule has 0 bridgehead atoms. The summed E-state index contributed by atoms with van der Waals surface area (Å²) in [4.78, 5) is 11.8. The molecule has 0 unspecified atom stereocenters. The fraction of sp³-hybridized carbons (Fsp3) is 0.462. The second kappa shape index (κ2) is 5.32. The van der Waals surface area contributed by atoms with E-state index in [0.29, 0.717) is 13.0 Å². The molecule has 1 aromatic carbocycles. The van der Waals surface area contributed by atoms with Crippen LogP contribution in [0.4, 0.5) is 0 Å². The topological polar surface area (TPSA) is 81.7 Å². The van der Waals surface area contributed by atoms with Gasteiger partial charge in [-0.05, 0) is 25.0 Å². The monoisotopic (exact) mass is 299 g/mol. The molecule has 0 aromatic heterocycles. The number of carbonyl (C=O) groups excluding carboxylic acids is 1. The molecule has 1 N–H and O–H groups in total. The van der Waals surface area contributed by atoms with Crippen LogP contribution in [-0.2, 0) is 16.4 Å². The predicted octanol–water partition coefficient (Wildman–Crippen LogP) is 1.48. The van der Waals surface area contributed by atoms with Gasteiger partial charge in [0.25, 0.3) is 15.9 Å². The zero-order chi connectivity index (χ0) is 14.9. The minimum Gasteiger partial charge on any atom is -0.495 e. The number of sulfonamides is 1. The van der Waals surface area contributed by atoms with Crippen LogP contribution in [0.5, 0.6) is 11.5 Å². The van der Waals surface area contributed by atoms with E-state index in [9.17, 15) is 13.2 Å². The van der Waals surface area contributed by atoms with E-state index in [1.807, 2.05) is 11.6 Å². The molecule has 7 heteroatoms. The third-order valence-electron chi connectivity index (χ3n) is 3.02. The van der Waals surface area contributed by atoms with Crippen molar-refractivity contribution in [3.8, 4) is 11.5 Å². The van der Waals surface area contributed by atoms with Crippen molar-refractivity contribution < 1.29 is 22.7 Å². The quantitative estimate of drug-likeness (QED) is 0.890. The Hall–Kier alpha value is -1.76. The van der Waals surface area contributed by atoms with E-state index in [1.165, 1.54) is 7.11 Å². The molecule has 0 spiro atoms. The Labute approximate surface area is 118 Å². The van der Waals surface area contributed by atoms with Gasteiger partial charge < -0.3 is 9.47 Å². The van der Waals surface area contributed by atoms with Crippen molar-refractivity contribution in [3.63, 3.8) is 0 Å². The highest BCUT2D eigenvalue weighted by Gasteiger charge is 2.40. The van der Waals surface area contributed by atoms with E-state index in [4.69, 9.17) is 9.47 Å². The lowest BCUT2D eigenvalue weighted by Gasteiger charge is -2.14. The summed E-state index contributed by atoms with van der Waals surface area (Å²) in [6.07, 6.45) is 1.46. The molecule has 0 saturated carbocycles. The van der Waals surface area contributed by atoms with Crippen LogP contribution < -0.4 is 14.2 Å². The van der Waals surface area contributed by atoms with Crippen molar-refractivity contribution in [2.24, 2.45) is 0 Å². The van der Waals surface area contributed by atoms with Crippen molar-refractivity contribution in [3.05, 3.63) is 17.2 Å². The largest absolute Gasteiger partial charge is 0.495 e. The smallest absolute Gasteiger partial charge is 0.270 e. The van der Waals surface area contributed by atoms with Gasteiger partial charge in [0.05, 0.1) is 13.7 Å². The minimum atomic E-state index is -3.88. The Morgan fingerprint density at radius 2 is 2.00 bits per heavy atom. The number of benzene rings is 1. The highest BCUT2D eigenvalue weighted by Crippen LogP contribution is 2.41.